The molecule has 0 spiro atoms. The second kappa shape index (κ2) is 6.58. The SMILES string of the molecule is O=C(O[C@H]1CCNC1)[C@](O)(c1ccc(Cl)cc1)[C@@H]1CCC(F)(F)C1. The van der Waals surface area contributed by atoms with Crippen LogP contribution in [0.25, 0.3) is 0 Å². The zero-order chi connectivity index (χ0) is 17.4. The van der Waals surface area contributed by atoms with Gasteiger partial charge in [-0.2, -0.15) is 0 Å². The zero-order valence-electron chi connectivity index (χ0n) is 13.1. The summed E-state index contributed by atoms with van der Waals surface area (Å²) >= 11 is 5.86. The van der Waals surface area contributed by atoms with E-state index in [1.807, 2.05) is 0 Å². The van der Waals surface area contributed by atoms with Gasteiger partial charge in [0.2, 0.25) is 5.92 Å². The monoisotopic (exact) mass is 359 g/mol. The van der Waals surface area contributed by atoms with Gasteiger partial charge in [0.1, 0.15) is 6.10 Å². The fraction of sp³-hybridized carbons (Fsp3) is 0.588. The average molecular weight is 360 g/mol. The molecule has 1 aromatic rings. The van der Waals surface area contributed by atoms with Gasteiger partial charge in [0.05, 0.1) is 0 Å². The van der Waals surface area contributed by atoms with Crippen LogP contribution in [0.15, 0.2) is 24.3 Å². The predicted molar refractivity (Wildman–Crippen MR) is 85.0 cm³/mol. The molecule has 1 saturated heterocycles. The van der Waals surface area contributed by atoms with Gasteiger partial charge in [-0.25, -0.2) is 13.6 Å². The second-order valence-corrected chi connectivity index (χ2v) is 7.03. The molecule has 0 aromatic heterocycles. The van der Waals surface area contributed by atoms with Crippen LogP contribution in [-0.4, -0.2) is 36.2 Å². The Balaban J connectivity index is 1.90. The number of halogens is 3. The molecule has 132 valence electrons. The van der Waals surface area contributed by atoms with Gasteiger partial charge in [-0.3, -0.25) is 0 Å². The lowest BCUT2D eigenvalue weighted by Gasteiger charge is -2.33. The Labute approximate surface area is 144 Å². The third-order valence-corrected chi connectivity index (χ3v) is 5.13. The molecule has 1 aromatic carbocycles. The standard InChI is InChI=1S/C17H20ClF2NO3/c18-13-3-1-11(2-4-13)17(23,12-5-7-16(19,20)9-12)15(22)24-14-6-8-21-10-14/h1-4,12,14,21,23H,5-10H2/t12-,14+,17+/m1/s1. The molecule has 0 bridgehead atoms. The van der Waals surface area contributed by atoms with Gasteiger partial charge in [0, 0.05) is 30.3 Å². The van der Waals surface area contributed by atoms with Crippen LogP contribution in [0, 0.1) is 5.92 Å². The van der Waals surface area contributed by atoms with Crippen molar-refractivity contribution in [2.75, 3.05) is 13.1 Å². The van der Waals surface area contributed by atoms with Crippen molar-refractivity contribution in [3.05, 3.63) is 34.9 Å². The van der Waals surface area contributed by atoms with Crippen LogP contribution in [0.5, 0.6) is 0 Å². The molecule has 7 heteroatoms. The van der Waals surface area contributed by atoms with Crippen molar-refractivity contribution < 1.29 is 23.4 Å². The van der Waals surface area contributed by atoms with Crippen LogP contribution >= 0.6 is 11.6 Å². The molecule has 1 aliphatic carbocycles. The molecule has 1 heterocycles. The van der Waals surface area contributed by atoms with Crippen LogP contribution < -0.4 is 5.32 Å². The summed E-state index contributed by atoms with van der Waals surface area (Å²) in [6.07, 6.45) is -0.526. The van der Waals surface area contributed by atoms with E-state index in [0.717, 1.165) is 6.54 Å². The zero-order valence-corrected chi connectivity index (χ0v) is 13.9. The fourth-order valence-electron chi connectivity index (χ4n) is 3.50. The molecule has 4 nitrogen and oxygen atoms in total. The Bertz CT molecular complexity index is 604. The molecule has 24 heavy (non-hydrogen) atoms. The van der Waals surface area contributed by atoms with Gasteiger partial charge in [-0.15, -0.1) is 0 Å². The van der Waals surface area contributed by atoms with E-state index in [2.05, 4.69) is 5.32 Å². The van der Waals surface area contributed by atoms with Crippen molar-refractivity contribution in [3.8, 4) is 0 Å². The summed E-state index contributed by atoms with van der Waals surface area (Å²) in [4.78, 5) is 12.7. The number of hydrogen-bond acceptors (Lipinski definition) is 4. The molecule has 0 amide bonds. The summed E-state index contributed by atoms with van der Waals surface area (Å²) in [6.45, 7) is 1.22. The summed E-state index contributed by atoms with van der Waals surface area (Å²) < 4.78 is 32.8. The highest BCUT2D eigenvalue weighted by molar-refractivity contribution is 6.30. The quantitative estimate of drug-likeness (QED) is 0.812. The maximum atomic E-state index is 13.7. The average Bonchev–Trinajstić information content (AvgIpc) is 3.16. The molecule has 1 aliphatic heterocycles. The number of aliphatic hydroxyl groups is 1. The first kappa shape index (κ1) is 17.6. The van der Waals surface area contributed by atoms with Crippen molar-refractivity contribution in [1.29, 1.82) is 0 Å². The smallest absolute Gasteiger partial charge is 0.343 e. The summed E-state index contributed by atoms with van der Waals surface area (Å²) in [5, 5.41) is 14.7. The van der Waals surface area contributed by atoms with Crippen molar-refractivity contribution in [3.63, 3.8) is 0 Å². The Morgan fingerprint density at radius 1 is 1.33 bits per heavy atom. The number of benzene rings is 1. The van der Waals surface area contributed by atoms with Crippen molar-refractivity contribution in [2.24, 2.45) is 5.92 Å². The van der Waals surface area contributed by atoms with E-state index in [1.54, 1.807) is 0 Å². The highest BCUT2D eigenvalue weighted by Gasteiger charge is 2.54. The number of carbonyl (C=O) groups is 1. The summed E-state index contributed by atoms with van der Waals surface area (Å²) in [7, 11) is 0. The van der Waals surface area contributed by atoms with Crippen LogP contribution in [0.2, 0.25) is 5.02 Å². The van der Waals surface area contributed by atoms with Crippen LogP contribution in [0.4, 0.5) is 8.78 Å². The van der Waals surface area contributed by atoms with E-state index in [9.17, 15) is 18.7 Å². The lowest BCUT2D eigenvalue weighted by atomic mass is 9.80. The van der Waals surface area contributed by atoms with Crippen molar-refractivity contribution in [2.45, 2.75) is 43.3 Å². The molecule has 2 fully saturated rings. The number of hydrogen-bond donors (Lipinski definition) is 2. The molecule has 1 saturated carbocycles. The second-order valence-electron chi connectivity index (χ2n) is 6.59. The summed E-state index contributed by atoms with van der Waals surface area (Å²) in [5.41, 5.74) is -1.85. The number of rotatable bonds is 4. The molecule has 2 N–H and O–H groups in total. The minimum absolute atomic E-state index is 0.0597. The van der Waals surface area contributed by atoms with Crippen LogP contribution in [-0.2, 0) is 15.1 Å². The number of carbonyl (C=O) groups excluding carboxylic acids is 1. The fourth-order valence-corrected chi connectivity index (χ4v) is 3.63. The summed E-state index contributed by atoms with van der Waals surface area (Å²) in [6, 6.07) is 6.04. The third kappa shape index (κ3) is 3.41. The molecular formula is C17H20ClF2NO3. The largest absolute Gasteiger partial charge is 0.459 e. The molecular weight excluding hydrogens is 340 g/mol. The number of ether oxygens (including phenoxy) is 1. The highest BCUT2D eigenvalue weighted by atomic mass is 35.5. The van der Waals surface area contributed by atoms with Crippen molar-refractivity contribution >= 4 is 17.6 Å². The lowest BCUT2D eigenvalue weighted by Crippen LogP contribution is -2.45. The Morgan fingerprint density at radius 2 is 2.04 bits per heavy atom. The predicted octanol–water partition coefficient (Wildman–Crippen LogP) is 2.87. The molecule has 3 rings (SSSR count). The first-order chi connectivity index (χ1) is 11.3. The number of esters is 1. The van der Waals surface area contributed by atoms with E-state index in [4.69, 9.17) is 16.3 Å². The van der Waals surface area contributed by atoms with E-state index >= 15 is 0 Å². The van der Waals surface area contributed by atoms with E-state index in [0.29, 0.717) is 18.0 Å². The van der Waals surface area contributed by atoms with Gasteiger partial charge in [0.15, 0.2) is 5.60 Å². The molecule has 2 aliphatic rings. The van der Waals surface area contributed by atoms with Gasteiger partial charge >= 0.3 is 5.97 Å². The summed E-state index contributed by atoms with van der Waals surface area (Å²) in [5.74, 6) is -4.63. The van der Waals surface area contributed by atoms with Gasteiger partial charge < -0.3 is 15.2 Å². The Kier molecular flexibility index (Phi) is 4.82. The molecule has 0 radical (unpaired) electrons. The number of nitrogens with one attached hydrogen (secondary N) is 1. The van der Waals surface area contributed by atoms with Gasteiger partial charge in [-0.1, -0.05) is 23.7 Å². The normalized spacial score (nSPS) is 28.5. The van der Waals surface area contributed by atoms with E-state index in [-0.39, 0.29) is 24.5 Å². The Hall–Kier alpha value is -1.24. The third-order valence-electron chi connectivity index (χ3n) is 4.88. The number of alkyl halides is 2. The maximum Gasteiger partial charge on any atom is 0.343 e. The van der Waals surface area contributed by atoms with Crippen molar-refractivity contribution in [1.82, 2.24) is 5.32 Å². The topological polar surface area (TPSA) is 58.6 Å². The minimum Gasteiger partial charge on any atom is -0.459 e. The first-order valence-corrected chi connectivity index (χ1v) is 8.47. The van der Waals surface area contributed by atoms with Crippen LogP contribution in [0.3, 0.4) is 0 Å². The maximum absolute atomic E-state index is 13.7. The first-order valence-electron chi connectivity index (χ1n) is 8.09. The Morgan fingerprint density at radius 3 is 2.58 bits per heavy atom. The van der Waals surface area contributed by atoms with Crippen LogP contribution in [0.1, 0.15) is 31.2 Å². The van der Waals surface area contributed by atoms with Gasteiger partial charge in [-0.05, 0) is 37.1 Å². The molecule has 0 unspecified atom stereocenters. The van der Waals surface area contributed by atoms with E-state index in [1.165, 1.54) is 24.3 Å². The van der Waals surface area contributed by atoms with Gasteiger partial charge in [0.25, 0.3) is 0 Å². The highest BCUT2D eigenvalue weighted by Crippen LogP contribution is 2.48. The lowest BCUT2D eigenvalue weighted by molar-refractivity contribution is -0.179. The minimum atomic E-state index is -2.87. The molecule has 3 atom stereocenters. The van der Waals surface area contributed by atoms with E-state index < -0.39 is 29.8 Å².